The molecule has 0 fully saturated rings. The Hall–Kier alpha value is -0.980. The maximum Gasteiger partial charge on any atom is 0.165 e. The Balaban J connectivity index is 2.24. The molecule has 0 bridgehead atoms. The molecule has 0 atom stereocenters. The highest BCUT2D eigenvalue weighted by Crippen LogP contribution is 2.37. The van der Waals surface area contributed by atoms with Crippen molar-refractivity contribution < 1.29 is 18.7 Å². The molecule has 0 aliphatic carbocycles. The van der Waals surface area contributed by atoms with Crippen LogP contribution in [-0.2, 0) is 4.84 Å². The van der Waals surface area contributed by atoms with E-state index in [0.717, 1.165) is 37.8 Å². The van der Waals surface area contributed by atoms with E-state index in [9.17, 15) is 4.39 Å². The average Bonchev–Trinajstić information content (AvgIpc) is 2.58. The maximum atomic E-state index is 12.6. The lowest BCUT2D eigenvalue weighted by atomic mass is 10.1. The monoisotopic (exact) mass is 483 g/mol. The molecule has 0 heterocycles. The normalized spacial score (nSPS) is 11.3. The van der Waals surface area contributed by atoms with Crippen molar-refractivity contribution in [1.82, 2.24) is 0 Å². The van der Waals surface area contributed by atoms with Gasteiger partial charge in [0, 0.05) is 12.1 Å². The Morgan fingerprint density at radius 1 is 1.04 bits per heavy atom. The standard InChI is InChI=1S/C19H25BrCl2FNO3/c1-14(2)24-27-10-7-5-3-4-6-9-26-19-16(21)12-15(13-17(19)22)25-11-8-18(20)23/h8,12-13H,3-7,9-11H2,1-2H3/b18-8-. The summed E-state index contributed by atoms with van der Waals surface area (Å²) in [6, 6.07) is 3.20. The summed E-state index contributed by atoms with van der Waals surface area (Å²) in [5.41, 5.74) is 0.925. The second-order valence-corrected chi connectivity index (χ2v) is 7.58. The molecule has 0 unspecified atom stereocenters. The number of hydrogen-bond donors (Lipinski definition) is 0. The van der Waals surface area contributed by atoms with E-state index < -0.39 is 4.74 Å². The summed E-state index contributed by atoms with van der Waals surface area (Å²) < 4.78 is 23.1. The Morgan fingerprint density at radius 2 is 1.63 bits per heavy atom. The Kier molecular flexibility index (Phi) is 12.5. The predicted molar refractivity (Wildman–Crippen MR) is 113 cm³/mol. The lowest BCUT2D eigenvalue weighted by molar-refractivity contribution is 0.139. The second-order valence-electron chi connectivity index (χ2n) is 6.01. The number of benzene rings is 1. The fourth-order valence-electron chi connectivity index (χ4n) is 2.11. The summed E-state index contributed by atoms with van der Waals surface area (Å²) in [6.45, 7) is 5.07. The number of unbranched alkanes of at least 4 members (excludes halogenated alkanes) is 4. The van der Waals surface area contributed by atoms with Crippen molar-refractivity contribution in [2.75, 3.05) is 19.8 Å². The third-order valence-electron chi connectivity index (χ3n) is 3.33. The first-order valence-electron chi connectivity index (χ1n) is 8.79. The fraction of sp³-hybridized carbons (Fsp3) is 0.526. The van der Waals surface area contributed by atoms with E-state index in [-0.39, 0.29) is 6.61 Å². The molecular formula is C19H25BrCl2FNO3. The Bertz CT molecular complexity index is 610. The van der Waals surface area contributed by atoms with Crippen LogP contribution in [0, 0.1) is 0 Å². The van der Waals surface area contributed by atoms with Crippen LogP contribution >= 0.6 is 39.1 Å². The van der Waals surface area contributed by atoms with Crippen LogP contribution in [0.25, 0.3) is 0 Å². The lowest BCUT2D eigenvalue weighted by Crippen LogP contribution is -2.00. The zero-order chi connectivity index (χ0) is 20.1. The zero-order valence-electron chi connectivity index (χ0n) is 15.6. The molecule has 4 nitrogen and oxygen atoms in total. The summed E-state index contributed by atoms with van der Waals surface area (Å²) >= 11 is 15.1. The van der Waals surface area contributed by atoms with E-state index in [1.54, 1.807) is 12.1 Å². The van der Waals surface area contributed by atoms with Crippen LogP contribution in [0.3, 0.4) is 0 Å². The van der Waals surface area contributed by atoms with Crippen molar-refractivity contribution in [3.63, 3.8) is 0 Å². The van der Waals surface area contributed by atoms with E-state index in [4.69, 9.17) is 37.5 Å². The van der Waals surface area contributed by atoms with Crippen molar-refractivity contribution in [1.29, 1.82) is 0 Å². The van der Waals surface area contributed by atoms with Crippen LogP contribution in [-0.4, -0.2) is 25.5 Å². The molecule has 0 N–H and O–H groups in total. The van der Waals surface area contributed by atoms with Gasteiger partial charge in [0.1, 0.15) is 19.0 Å². The second kappa shape index (κ2) is 14.1. The lowest BCUT2D eigenvalue weighted by Gasteiger charge is -2.12. The summed E-state index contributed by atoms with van der Waals surface area (Å²) in [7, 11) is 0. The topological polar surface area (TPSA) is 40.0 Å². The molecule has 0 aliphatic heterocycles. The number of halogens is 4. The summed E-state index contributed by atoms with van der Waals surface area (Å²) in [5, 5.41) is 4.62. The first-order chi connectivity index (χ1) is 12.9. The SMILES string of the molecule is CC(C)=NOCCCCCCCOc1c(Cl)cc(OC/C=C(\F)Br)cc1Cl. The number of oxime groups is 1. The minimum Gasteiger partial charge on any atom is -0.490 e. The summed E-state index contributed by atoms with van der Waals surface area (Å²) in [4.78, 5) is 5.15. The minimum atomic E-state index is -0.489. The first kappa shape index (κ1) is 24.1. The summed E-state index contributed by atoms with van der Waals surface area (Å²) in [6.07, 6.45) is 6.40. The van der Waals surface area contributed by atoms with Crippen molar-refractivity contribution in [3.8, 4) is 11.5 Å². The van der Waals surface area contributed by atoms with Crippen LogP contribution in [0.1, 0.15) is 46.0 Å². The predicted octanol–water partition coefficient (Wildman–Crippen LogP) is 7.32. The average molecular weight is 485 g/mol. The van der Waals surface area contributed by atoms with Gasteiger partial charge in [-0.05, 0) is 55.1 Å². The van der Waals surface area contributed by atoms with Gasteiger partial charge < -0.3 is 14.3 Å². The maximum absolute atomic E-state index is 12.6. The van der Waals surface area contributed by atoms with Crippen LogP contribution in [0.15, 0.2) is 28.1 Å². The first-order valence-corrected chi connectivity index (χ1v) is 10.3. The van der Waals surface area contributed by atoms with Gasteiger partial charge in [0.05, 0.1) is 22.4 Å². The highest BCUT2D eigenvalue weighted by atomic mass is 79.9. The molecule has 1 rings (SSSR count). The molecule has 1 aromatic carbocycles. The fourth-order valence-corrected chi connectivity index (χ4v) is 2.82. The number of ether oxygens (including phenoxy) is 2. The molecule has 8 heteroatoms. The van der Waals surface area contributed by atoms with Crippen LogP contribution in [0.2, 0.25) is 10.0 Å². The molecule has 27 heavy (non-hydrogen) atoms. The third-order valence-corrected chi connectivity index (χ3v) is 4.22. The Labute approximate surface area is 178 Å². The van der Waals surface area contributed by atoms with Crippen LogP contribution in [0.5, 0.6) is 11.5 Å². The van der Waals surface area contributed by atoms with Gasteiger partial charge in [-0.1, -0.05) is 41.2 Å². The van der Waals surface area contributed by atoms with Gasteiger partial charge in [0.2, 0.25) is 0 Å². The highest BCUT2D eigenvalue weighted by Gasteiger charge is 2.10. The molecule has 0 saturated carbocycles. The molecule has 0 aliphatic rings. The van der Waals surface area contributed by atoms with Gasteiger partial charge in [-0.15, -0.1) is 0 Å². The van der Waals surface area contributed by atoms with Crippen molar-refractivity contribution in [2.24, 2.45) is 5.16 Å². The van der Waals surface area contributed by atoms with E-state index in [1.807, 2.05) is 13.8 Å². The molecule has 0 radical (unpaired) electrons. The molecule has 0 spiro atoms. The quantitative estimate of drug-likeness (QED) is 0.167. The molecule has 0 aromatic heterocycles. The number of rotatable bonds is 13. The number of nitrogens with zero attached hydrogens (tertiary/aromatic N) is 1. The van der Waals surface area contributed by atoms with E-state index in [1.165, 1.54) is 6.08 Å². The van der Waals surface area contributed by atoms with Gasteiger partial charge in [-0.3, -0.25) is 0 Å². The molecular weight excluding hydrogens is 460 g/mol. The van der Waals surface area contributed by atoms with Gasteiger partial charge in [0.25, 0.3) is 0 Å². The number of hydrogen-bond acceptors (Lipinski definition) is 4. The molecule has 1 aromatic rings. The Morgan fingerprint density at radius 3 is 2.22 bits per heavy atom. The third kappa shape index (κ3) is 11.5. The minimum absolute atomic E-state index is 0.0688. The van der Waals surface area contributed by atoms with Gasteiger partial charge in [-0.2, -0.15) is 4.39 Å². The molecule has 0 saturated heterocycles. The van der Waals surface area contributed by atoms with Crippen LogP contribution in [0.4, 0.5) is 4.39 Å². The molecule has 0 amide bonds. The van der Waals surface area contributed by atoms with E-state index in [0.29, 0.717) is 34.8 Å². The molecule has 152 valence electrons. The van der Waals surface area contributed by atoms with E-state index in [2.05, 4.69) is 21.1 Å². The van der Waals surface area contributed by atoms with Crippen molar-refractivity contribution in [2.45, 2.75) is 46.0 Å². The zero-order valence-corrected chi connectivity index (χ0v) is 18.7. The summed E-state index contributed by atoms with van der Waals surface area (Å²) in [5.74, 6) is 0.890. The largest absolute Gasteiger partial charge is 0.490 e. The van der Waals surface area contributed by atoms with Gasteiger partial charge in [0.15, 0.2) is 10.5 Å². The van der Waals surface area contributed by atoms with Gasteiger partial charge in [-0.25, -0.2) is 0 Å². The highest BCUT2D eigenvalue weighted by molar-refractivity contribution is 9.11. The van der Waals surface area contributed by atoms with E-state index >= 15 is 0 Å². The van der Waals surface area contributed by atoms with Crippen molar-refractivity contribution in [3.05, 3.63) is 33.0 Å². The smallest absolute Gasteiger partial charge is 0.165 e. The van der Waals surface area contributed by atoms with Crippen molar-refractivity contribution >= 4 is 44.8 Å². The van der Waals surface area contributed by atoms with Crippen LogP contribution < -0.4 is 9.47 Å². The van der Waals surface area contributed by atoms with Gasteiger partial charge >= 0.3 is 0 Å².